The molecule has 2 aliphatic carbocycles. The lowest BCUT2D eigenvalue weighted by atomic mass is 9.86. The van der Waals surface area contributed by atoms with Crippen LogP contribution in [0.2, 0.25) is 0 Å². The Labute approximate surface area is 543 Å². The summed E-state index contributed by atoms with van der Waals surface area (Å²) >= 11 is 6.63. The van der Waals surface area contributed by atoms with E-state index in [1.165, 1.54) is 28.5 Å². The Balaban J connectivity index is 0.000000192. The van der Waals surface area contributed by atoms with Gasteiger partial charge in [-0.15, -0.1) is 22.7 Å². The number of ether oxygens (including phenoxy) is 4. The van der Waals surface area contributed by atoms with Crippen molar-refractivity contribution < 1.29 is 55.0 Å². The molecule has 22 nitrogen and oxygen atoms in total. The van der Waals surface area contributed by atoms with Crippen LogP contribution in [0.15, 0.2) is 123 Å². The maximum absolute atomic E-state index is 13.6. The molecule has 2 saturated carbocycles. The van der Waals surface area contributed by atoms with E-state index in [1.54, 1.807) is 90.3 Å². The molecule has 2 saturated heterocycles. The fourth-order valence-electron chi connectivity index (χ4n) is 10.1. The highest BCUT2D eigenvalue weighted by atomic mass is 79.9. The summed E-state index contributed by atoms with van der Waals surface area (Å²) in [5.41, 5.74) is 2.50. The second-order valence-corrected chi connectivity index (χ2v) is 31.4. The first-order chi connectivity index (χ1) is 42.7. The topological polar surface area (TPSA) is 296 Å². The van der Waals surface area contributed by atoms with Gasteiger partial charge in [0.05, 0.1) is 61.1 Å². The second kappa shape index (κ2) is 31.6. The largest absolute Gasteiger partial charge is 0.441 e. The van der Waals surface area contributed by atoms with Crippen molar-refractivity contribution in [2.24, 2.45) is 0 Å². The summed E-state index contributed by atoms with van der Waals surface area (Å²) in [5, 5.41) is 19.0. The van der Waals surface area contributed by atoms with E-state index in [9.17, 15) is 36.0 Å². The summed E-state index contributed by atoms with van der Waals surface area (Å²) in [7, 11) is -7.64. The van der Waals surface area contributed by atoms with Crippen molar-refractivity contribution in [3.05, 3.63) is 140 Å². The van der Waals surface area contributed by atoms with Crippen molar-refractivity contribution in [2.75, 3.05) is 37.1 Å². The quantitative estimate of drug-likeness (QED) is 0.0421. The summed E-state index contributed by atoms with van der Waals surface area (Å²) in [6.45, 7) is 15.1. The molecule has 4 heterocycles. The molecule has 0 bridgehead atoms. The number of hydrogen-bond acceptors (Lipinski definition) is 16. The third kappa shape index (κ3) is 21.8. The van der Waals surface area contributed by atoms with Crippen LogP contribution in [0.25, 0.3) is 10.4 Å². The number of sulfonamides is 2. The molecular formula is C63H81BrN10O12S4. The molecule has 0 atom stereocenters. The van der Waals surface area contributed by atoms with E-state index >= 15 is 0 Å². The molecule has 6 aromatic rings. The number of urea groups is 2. The SMILES string of the molecule is CC(C)(C)NS(=O)(=O)c1cc(NC(=O)NCc2ccccc2)ccc1-c1cnc(C2CCC(NC(=O)OC3COC3)CC2)s1.Cc1ccc(NC(=O)NCc2ccccc2)cc1S(=O)(=O)NC(C)(C)C.O=C(NC1CCC(c2ncc(Br)s2)CC1)OC1COC1. The fraction of sp³-hybridized carbons (Fsp3) is 0.460. The van der Waals surface area contributed by atoms with Crippen molar-refractivity contribution in [3.63, 3.8) is 0 Å². The number of carbonyl (C=O) groups excluding carboxylic acids is 4. The van der Waals surface area contributed by atoms with Gasteiger partial charge in [-0.25, -0.2) is 55.4 Å². The highest BCUT2D eigenvalue weighted by Crippen LogP contribution is 2.41. The molecule has 90 heavy (non-hydrogen) atoms. The Hall–Kier alpha value is -6.56. The van der Waals surface area contributed by atoms with Gasteiger partial charge in [-0.3, -0.25) is 0 Å². The monoisotopic (exact) mass is 1380 g/mol. The number of amides is 6. The molecule has 10 rings (SSSR count). The second-order valence-electron chi connectivity index (χ2n) is 24.6. The maximum Gasteiger partial charge on any atom is 0.407 e. The average molecular weight is 1380 g/mol. The van der Waals surface area contributed by atoms with Crippen LogP contribution in [0.3, 0.4) is 0 Å². The number of hydrogen-bond donors (Lipinski definition) is 8. The van der Waals surface area contributed by atoms with Gasteiger partial charge in [-0.2, -0.15) is 0 Å². The van der Waals surface area contributed by atoms with Crippen LogP contribution >= 0.6 is 38.6 Å². The number of aryl methyl sites for hydroxylation is 1. The molecule has 4 aromatic carbocycles. The number of nitrogens with one attached hydrogen (secondary N) is 8. The van der Waals surface area contributed by atoms with Crippen molar-refractivity contribution in [1.29, 1.82) is 0 Å². The molecule has 2 aliphatic heterocycles. The molecule has 27 heteroatoms. The van der Waals surface area contributed by atoms with E-state index in [4.69, 9.17) is 18.9 Å². The van der Waals surface area contributed by atoms with E-state index in [0.29, 0.717) is 67.9 Å². The van der Waals surface area contributed by atoms with Crippen molar-refractivity contribution in [1.82, 2.24) is 40.7 Å². The number of benzene rings is 4. The van der Waals surface area contributed by atoms with Crippen molar-refractivity contribution in [2.45, 2.75) is 170 Å². The lowest BCUT2D eigenvalue weighted by molar-refractivity contribution is -0.0985. The van der Waals surface area contributed by atoms with Gasteiger partial charge < -0.3 is 50.8 Å². The number of aromatic nitrogens is 2. The zero-order valence-corrected chi connectivity index (χ0v) is 56.4. The number of alkyl carbamates (subject to hydrolysis) is 2. The molecule has 4 fully saturated rings. The molecule has 6 amide bonds. The van der Waals surface area contributed by atoms with Gasteiger partial charge in [-0.1, -0.05) is 72.8 Å². The lowest BCUT2D eigenvalue weighted by Crippen LogP contribution is -2.44. The van der Waals surface area contributed by atoms with Crippen LogP contribution in [-0.2, 0) is 52.1 Å². The molecule has 4 aliphatic rings. The summed E-state index contributed by atoms with van der Waals surface area (Å²) < 4.78 is 79.4. The molecule has 0 unspecified atom stereocenters. The fourth-order valence-corrected chi connectivity index (χ4v) is 16.1. The Morgan fingerprint density at radius 2 is 0.989 bits per heavy atom. The molecule has 0 radical (unpaired) electrons. The Morgan fingerprint density at radius 3 is 1.41 bits per heavy atom. The predicted molar refractivity (Wildman–Crippen MR) is 352 cm³/mol. The third-order valence-corrected chi connectivity index (χ3v) is 21.1. The number of carbonyl (C=O) groups is 4. The normalized spacial score (nSPS) is 18.7. The van der Waals surface area contributed by atoms with E-state index in [-0.39, 0.29) is 46.1 Å². The maximum atomic E-state index is 13.6. The first-order valence-corrected chi connectivity index (χ1v) is 35.3. The lowest BCUT2D eigenvalue weighted by Gasteiger charge is -2.30. The van der Waals surface area contributed by atoms with Crippen LogP contribution in [0, 0.1) is 6.92 Å². The van der Waals surface area contributed by atoms with Crippen LogP contribution in [-0.4, -0.2) is 113 Å². The predicted octanol–water partition coefficient (Wildman–Crippen LogP) is 11.8. The Kier molecular flexibility index (Phi) is 24.4. The van der Waals surface area contributed by atoms with Gasteiger partial charge >= 0.3 is 24.2 Å². The molecule has 8 N–H and O–H groups in total. The molecule has 486 valence electrons. The molecular weight excluding hydrogens is 1300 g/mol. The minimum absolute atomic E-state index is 0.0457. The summed E-state index contributed by atoms with van der Waals surface area (Å²) in [6.07, 6.45) is 10.1. The number of rotatable bonds is 17. The third-order valence-electron chi connectivity index (χ3n) is 14.6. The van der Waals surface area contributed by atoms with Gasteiger partial charge in [0.25, 0.3) is 0 Å². The number of nitrogens with zero attached hydrogens (tertiary/aromatic N) is 2. The highest BCUT2D eigenvalue weighted by Gasteiger charge is 2.32. The van der Waals surface area contributed by atoms with Gasteiger partial charge in [0, 0.05) is 71.2 Å². The summed E-state index contributed by atoms with van der Waals surface area (Å²) in [4.78, 5) is 58.5. The minimum Gasteiger partial charge on any atom is -0.441 e. The van der Waals surface area contributed by atoms with E-state index in [2.05, 4.69) is 67.2 Å². The van der Waals surface area contributed by atoms with Crippen molar-refractivity contribution >= 4 is 94.3 Å². The van der Waals surface area contributed by atoms with Gasteiger partial charge in [-0.05, 0) is 157 Å². The standard InChI is InChI=1S/C31H39N5O6S2.C19H25N3O3S.C13H17BrN2O3S/c1-31(2,3)36-44(39,40)27-15-23(34-29(37)33-16-20-7-5-4-6-8-20)13-14-25(27)26-17-32-28(43-26)21-9-11-22(12-10-21)35-30(38)42-24-18-41-19-24;1-14-10-11-16(12-17(14)26(24,25)22-19(2,3)4)21-18(23)20-13-15-8-6-5-7-9-15;14-11-5-15-12(20-11)8-1-3-9(4-2-8)16-13(17)19-10-6-18-7-10/h4-8,13-15,17,21-22,24,36H,9-12,16,18-19H2,1-3H3,(H,35,38)(H2,33,34,37);5-12,22H,13H2,1-4H3,(H2,20,21,23);5,8-10H,1-4,6-7H2,(H,16,17). The van der Waals surface area contributed by atoms with E-state index < -0.39 is 49.3 Å². The molecule has 2 aromatic heterocycles. The average Bonchev–Trinajstić information content (AvgIpc) is 3.31. The van der Waals surface area contributed by atoms with Gasteiger partial charge in [0.2, 0.25) is 20.0 Å². The number of thiazole rings is 2. The Morgan fingerprint density at radius 1 is 0.567 bits per heavy atom. The van der Waals surface area contributed by atoms with E-state index in [0.717, 1.165) is 76.2 Å². The Bertz CT molecular complexity index is 3600. The van der Waals surface area contributed by atoms with Gasteiger partial charge in [0.1, 0.15) is 0 Å². The first kappa shape index (κ1) is 69.3. The zero-order valence-electron chi connectivity index (χ0n) is 51.6. The highest BCUT2D eigenvalue weighted by molar-refractivity contribution is 9.11. The van der Waals surface area contributed by atoms with Gasteiger partial charge in [0.15, 0.2) is 12.2 Å². The van der Waals surface area contributed by atoms with Crippen LogP contribution in [0.5, 0.6) is 0 Å². The smallest absolute Gasteiger partial charge is 0.407 e. The molecule has 0 spiro atoms. The van der Waals surface area contributed by atoms with Crippen molar-refractivity contribution in [3.8, 4) is 10.4 Å². The first-order valence-electron chi connectivity index (χ1n) is 29.9. The zero-order chi connectivity index (χ0) is 64.6. The number of halogens is 1. The van der Waals surface area contributed by atoms with Crippen LogP contribution < -0.4 is 41.3 Å². The van der Waals surface area contributed by atoms with Crippen LogP contribution in [0.4, 0.5) is 30.6 Å². The summed E-state index contributed by atoms with van der Waals surface area (Å²) in [6, 6.07) is 28.2. The number of anilines is 2. The van der Waals surface area contributed by atoms with E-state index in [1.807, 2.05) is 66.9 Å². The van der Waals surface area contributed by atoms with Crippen LogP contribution in [0.1, 0.15) is 131 Å². The summed E-state index contributed by atoms with van der Waals surface area (Å²) in [5.74, 6) is 0.741. The minimum atomic E-state index is -3.95.